The number of ether oxygens (including phenoxy) is 2. The molecule has 0 fully saturated rings. The number of carbonyl (C=O) groups excluding carboxylic acids is 1. The Labute approximate surface area is 169 Å². The largest absolute Gasteiger partial charge is 0.497 e. The monoisotopic (exact) mass is 393 g/mol. The first-order chi connectivity index (χ1) is 14.1. The molecule has 2 heterocycles. The molecule has 0 radical (unpaired) electrons. The number of rotatable bonds is 9. The molecule has 1 aromatic carbocycles. The summed E-state index contributed by atoms with van der Waals surface area (Å²) in [5.74, 6) is 1.59. The van der Waals surface area contributed by atoms with E-state index in [4.69, 9.17) is 9.47 Å². The van der Waals surface area contributed by atoms with Crippen LogP contribution in [0.3, 0.4) is 0 Å². The van der Waals surface area contributed by atoms with Gasteiger partial charge in [-0.15, -0.1) is 0 Å². The van der Waals surface area contributed by atoms with Crippen molar-refractivity contribution in [3.8, 4) is 11.5 Å². The number of anilines is 1. The molecule has 8 heteroatoms. The summed E-state index contributed by atoms with van der Waals surface area (Å²) >= 11 is 0. The molecule has 3 aromatic rings. The van der Waals surface area contributed by atoms with Gasteiger partial charge in [0, 0.05) is 24.6 Å². The molecule has 0 atom stereocenters. The fraction of sp³-hybridized carbons (Fsp3) is 0.238. The lowest BCUT2D eigenvalue weighted by Gasteiger charge is -2.10. The highest BCUT2D eigenvalue weighted by atomic mass is 16.5. The minimum absolute atomic E-state index is 0.279. The van der Waals surface area contributed by atoms with Gasteiger partial charge in [-0.3, -0.25) is 9.78 Å². The number of pyridine rings is 1. The molecule has 2 aromatic heterocycles. The van der Waals surface area contributed by atoms with E-state index in [9.17, 15) is 4.79 Å². The minimum atomic E-state index is -0.279. The van der Waals surface area contributed by atoms with Crippen LogP contribution in [-0.4, -0.2) is 41.1 Å². The number of nitrogens with one attached hydrogen (secondary N) is 2. The molecule has 0 aliphatic rings. The van der Waals surface area contributed by atoms with Crippen molar-refractivity contribution in [2.75, 3.05) is 25.6 Å². The number of nitrogens with zero attached hydrogens (tertiary/aromatic N) is 3. The second kappa shape index (κ2) is 10.0. The smallest absolute Gasteiger partial charge is 0.270 e. The second-order valence-electron chi connectivity index (χ2n) is 6.21. The van der Waals surface area contributed by atoms with Crippen molar-refractivity contribution in [1.82, 2.24) is 20.3 Å². The Kier molecular flexibility index (Phi) is 6.94. The van der Waals surface area contributed by atoms with Crippen LogP contribution in [0.5, 0.6) is 11.5 Å². The van der Waals surface area contributed by atoms with Gasteiger partial charge in [0.1, 0.15) is 23.8 Å². The maximum Gasteiger partial charge on any atom is 0.270 e. The number of carbonyl (C=O) groups is 1. The Balaban J connectivity index is 1.49. The summed E-state index contributed by atoms with van der Waals surface area (Å²) < 4.78 is 10.7. The third-order valence-corrected chi connectivity index (χ3v) is 3.98. The quantitative estimate of drug-likeness (QED) is 0.539. The molecular weight excluding hydrogens is 370 g/mol. The summed E-state index contributed by atoms with van der Waals surface area (Å²) in [5.41, 5.74) is 2.00. The van der Waals surface area contributed by atoms with Crippen molar-refractivity contribution < 1.29 is 14.3 Å². The first-order valence-corrected chi connectivity index (χ1v) is 9.17. The molecule has 29 heavy (non-hydrogen) atoms. The summed E-state index contributed by atoms with van der Waals surface area (Å²) in [6.45, 7) is 3.04. The molecule has 3 rings (SSSR count). The van der Waals surface area contributed by atoms with Gasteiger partial charge in [-0.05, 0) is 48.9 Å². The Morgan fingerprint density at radius 2 is 1.90 bits per heavy atom. The average Bonchev–Trinajstić information content (AvgIpc) is 2.76. The van der Waals surface area contributed by atoms with Gasteiger partial charge in [-0.25, -0.2) is 9.97 Å². The van der Waals surface area contributed by atoms with E-state index in [0.29, 0.717) is 42.8 Å². The SMILES string of the molecule is COc1ccc(OCCNC(=O)c2cc(C)nc(NCc3cccnc3)n2)cc1. The topological polar surface area (TPSA) is 98.3 Å². The van der Waals surface area contributed by atoms with Crippen LogP contribution in [0, 0.1) is 6.92 Å². The van der Waals surface area contributed by atoms with E-state index >= 15 is 0 Å². The van der Waals surface area contributed by atoms with Gasteiger partial charge < -0.3 is 20.1 Å². The third-order valence-electron chi connectivity index (χ3n) is 3.98. The van der Waals surface area contributed by atoms with Crippen molar-refractivity contribution in [1.29, 1.82) is 0 Å². The summed E-state index contributed by atoms with van der Waals surface area (Å²) in [7, 11) is 1.61. The predicted molar refractivity (Wildman–Crippen MR) is 109 cm³/mol. The number of aromatic nitrogens is 3. The zero-order valence-electron chi connectivity index (χ0n) is 16.4. The standard InChI is InChI=1S/C21H23N5O3/c1-15-12-19(26-21(25-15)24-14-16-4-3-9-22-13-16)20(27)23-10-11-29-18-7-5-17(28-2)6-8-18/h3-9,12-13H,10-11,14H2,1-2H3,(H,23,27)(H,24,25,26). The highest BCUT2D eigenvalue weighted by Crippen LogP contribution is 2.16. The van der Waals surface area contributed by atoms with Crippen LogP contribution in [0.15, 0.2) is 54.9 Å². The second-order valence-corrected chi connectivity index (χ2v) is 6.21. The van der Waals surface area contributed by atoms with Crippen molar-refractivity contribution >= 4 is 11.9 Å². The zero-order valence-corrected chi connectivity index (χ0v) is 16.4. The fourth-order valence-corrected chi connectivity index (χ4v) is 2.54. The fourth-order valence-electron chi connectivity index (χ4n) is 2.54. The summed E-state index contributed by atoms with van der Waals surface area (Å²) in [4.78, 5) is 25.1. The predicted octanol–water partition coefficient (Wildman–Crippen LogP) is 2.61. The number of hydrogen-bond donors (Lipinski definition) is 2. The third kappa shape index (κ3) is 6.17. The number of methoxy groups -OCH3 is 1. The van der Waals surface area contributed by atoms with Crippen molar-refractivity contribution in [3.63, 3.8) is 0 Å². The summed E-state index contributed by atoms with van der Waals surface area (Å²) in [5, 5.41) is 5.92. The zero-order chi connectivity index (χ0) is 20.5. The molecule has 2 N–H and O–H groups in total. The Bertz CT molecular complexity index is 933. The highest BCUT2D eigenvalue weighted by Gasteiger charge is 2.10. The van der Waals surface area contributed by atoms with Crippen LogP contribution in [0.2, 0.25) is 0 Å². The van der Waals surface area contributed by atoms with Gasteiger partial charge in [-0.2, -0.15) is 0 Å². The van der Waals surface area contributed by atoms with Gasteiger partial charge in [0.05, 0.1) is 13.7 Å². The van der Waals surface area contributed by atoms with E-state index in [1.165, 1.54) is 0 Å². The number of amides is 1. The molecule has 0 spiro atoms. The first-order valence-electron chi connectivity index (χ1n) is 9.17. The van der Waals surface area contributed by atoms with Gasteiger partial charge in [0.25, 0.3) is 5.91 Å². The van der Waals surface area contributed by atoms with Crippen LogP contribution in [0.4, 0.5) is 5.95 Å². The highest BCUT2D eigenvalue weighted by molar-refractivity contribution is 5.92. The van der Waals surface area contributed by atoms with E-state index < -0.39 is 0 Å². The number of aryl methyl sites for hydroxylation is 1. The molecule has 0 unspecified atom stereocenters. The van der Waals surface area contributed by atoms with Gasteiger partial charge >= 0.3 is 0 Å². The molecule has 1 amide bonds. The van der Waals surface area contributed by atoms with E-state index in [1.54, 1.807) is 25.6 Å². The van der Waals surface area contributed by atoms with Crippen molar-refractivity contribution in [3.05, 3.63) is 71.8 Å². The maximum absolute atomic E-state index is 12.4. The van der Waals surface area contributed by atoms with Crippen LogP contribution in [-0.2, 0) is 6.54 Å². The van der Waals surface area contributed by atoms with Gasteiger partial charge in [0.2, 0.25) is 5.95 Å². The normalized spacial score (nSPS) is 10.3. The molecule has 8 nitrogen and oxygen atoms in total. The van der Waals surface area contributed by atoms with E-state index in [0.717, 1.165) is 11.3 Å². The molecule has 0 bridgehead atoms. The van der Waals surface area contributed by atoms with E-state index in [2.05, 4.69) is 25.6 Å². The molecule has 0 saturated carbocycles. The average molecular weight is 393 g/mol. The molecular formula is C21H23N5O3. The summed E-state index contributed by atoms with van der Waals surface area (Å²) in [6, 6.07) is 12.7. The summed E-state index contributed by atoms with van der Waals surface area (Å²) in [6.07, 6.45) is 3.48. The number of hydrogen-bond acceptors (Lipinski definition) is 7. The molecule has 150 valence electrons. The number of benzene rings is 1. The maximum atomic E-state index is 12.4. The van der Waals surface area contributed by atoms with Crippen LogP contribution in [0.25, 0.3) is 0 Å². The van der Waals surface area contributed by atoms with Crippen molar-refractivity contribution in [2.24, 2.45) is 0 Å². The van der Waals surface area contributed by atoms with Crippen LogP contribution >= 0.6 is 0 Å². The van der Waals surface area contributed by atoms with E-state index in [-0.39, 0.29) is 5.91 Å². The minimum Gasteiger partial charge on any atom is -0.497 e. The van der Waals surface area contributed by atoms with Crippen LogP contribution in [0.1, 0.15) is 21.7 Å². The van der Waals surface area contributed by atoms with Gasteiger partial charge in [0.15, 0.2) is 0 Å². The lowest BCUT2D eigenvalue weighted by atomic mass is 10.3. The van der Waals surface area contributed by atoms with Gasteiger partial charge in [-0.1, -0.05) is 6.07 Å². The Morgan fingerprint density at radius 3 is 2.62 bits per heavy atom. The van der Waals surface area contributed by atoms with Crippen LogP contribution < -0.4 is 20.1 Å². The van der Waals surface area contributed by atoms with Crippen molar-refractivity contribution in [2.45, 2.75) is 13.5 Å². The lowest BCUT2D eigenvalue weighted by molar-refractivity contribution is 0.0942. The molecule has 0 saturated heterocycles. The Hall–Kier alpha value is -3.68. The Morgan fingerprint density at radius 1 is 1.10 bits per heavy atom. The molecule has 0 aliphatic carbocycles. The molecule has 0 aliphatic heterocycles. The van der Waals surface area contributed by atoms with E-state index in [1.807, 2.05) is 43.3 Å². The first kappa shape index (κ1) is 20.1. The lowest BCUT2D eigenvalue weighted by Crippen LogP contribution is -2.29.